The largest absolute Gasteiger partial charge is 0.369 e. The minimum atomic E-state index is -1.35. The molecule has 2 amide bonds. The maximum Gasteiger partial charge on any atom is 0.272 e. The lowest BCUT2D eigenvalue weighted by atomic mass is 10.0. The van der Waals surface area contributed by atoms with Gasteiger partial charge in [0, 0.05) is 32.1 Å². The normalized spacial score (nSPS) is 19.7. The van der Waals surface area contributed by atoms with Crippen LogP contribution in [0.2, 0.25) is 0 Å². The van der Waals surface area contributed by atoms with Crippen LogP contribution in [0.5, 0.6) is 0 Å². The number of nitrogens with one attached hydrogen (secondary N) is 2. The number of fused-ring (bicyclic) bond motifs is 1. The second-order valence-electron chi connectivity index (χ2n) is 7.76. The summed E-state index contributed by atoms with van der Waals surface area (Å²) in [5, 5.41) is 6.13. The van der Waals surface area contributed by atoms with Crippen LogP contribution in [0.4, 0.5) is 10.2 Å². The molecule has 6 nitrogen and oxygen atoms in total. The molecule has 2 N–H and O–H groups in total. The smallest absolute Gasteiger partial charge is 0.272 e. The molecule has 3 rings (SSSR count). The molecule has 0 saturated carbocycles. The van der Waals surface area contributed by atoms with E-state index in [0.717, 1.165) is 37.2 Å². The third-order valence-electron chi connectivity index (χ3n) is 4.90. The topological polar surface area (TPSA) is 74.3 Å². The number of hydrogen-bond donors (Lipinski definition) is 2. The van der Waals surface area contributed by atoms with E-state index in [1.54, 1.807) is 11.0 Å². The van der Waals surface area contributed by atoms with Crippen molar-refractivity contribution in [2.24, 2.45) is 0 Å². The standard InChI is InChI=1S/C19H27FN4O2/c1-19(2,20)9-7-16(25)22-14-4-3-11-24(12-14)18(26)15-6-5-13-8-10-21-17(13)23-15/h5-6,14H,3-4,7-12H2,1-2H3,(H,21,23)(H,22,25)/t14-/m1/s1. The van der Waals surface area contributed by atoms with Gasteiger partial charge in [0.05, 0.1) is 0 Å². The number of piperidine rings is 1. The molecule has 2 aliphatic rings. The molecule has 2 aliphatic heterocycles. The highest BCUT2D eigenvalue weighted by molar-refractivity contribution is 5.93. The molecule has 7 heteroatoms. The zero-order valence-electron chi connectivity index (χ0n) is 15.5. The molecule has 142 valence electrons. The first-order valence-corrected chi connectivity index (χ1v) is 9.33. The molecular weight excluding hydrogens is 335 g/mol. The van der Waals surface area contributed by atoms with Crippen molar-refractivity contribution in [3.8, 4) is 0 Å². The number of alkyl halides is 1. The van der Waals surface area contributed by atoms with Crippen molar-refractivity contribution in [2.75, 3.05) is 25.0 Å². The van der Waals surface area contributed by atoms with Crippen LogP contribution in [-0.4, -0.2) is 53.0 Å². The number of halogens is 1. The van der Waals surface area contributed by atoms with Gasteiger partial charge in [0.1, 0.15) is 17.2 Å². The van der Waals surface area contributed by atoms with Gasteiger partial charge in [-0.1, -0.05) is 6.07 Å². The van der Waals surface area contributed by atoms with E-state index in [-0.39, 0.29) is 30.7 Å². The highest BCUT2D eigenvalue weighted by Crippen LogP contribution is 2.21. The van der Waals surface area contributed by atoms with E-state index >= 15 is 0 Å². The zero-order valence-corrected chi connectivity index (χ0v) is 15.5. The Labute approximate surface area is 153 Å². The van der Waals surface area contributed by atoms with E-state index in [2.05, 4.69) is 15.6 Å². The van der Waals surface area contributed by atoms with Gasteiger partial charge >= 0.3 is 0 Å². The Morgan fingerprint density at radius 1 is 1.42 bits per heavy atom. The Morgan fingerprint density at radius 2 is 2.23 bits per heavy atom. The predicted molar refractivity (Wildman–Crippen MR) is 97.9 cm³/mol. The molecule has 26 heavy (non-hydrogen) atoms. The van der Waals surface area contributed by atoms with Gasteiger partial charge in [-0.05, 0) is 51.2 Å². The van der Waals surface area contributed by atoms with Crippen molar-refractivity contribution in [3.63, 3.8) is 0 Å². The predicted octanol–water partition coefficient (Wildman–Crippen LogP) is 2.30. The SMILES string of the molecule is CC(C)(F)CCC(=O)N[C@@H]1CCCN(C(=O)c2ccc3c(n2)NCC3)C1. The van der Waals surface area contributed by atoms with Crippen LogP contribution in [0.25, 0.3) is 0 Å². The van der Waals surface area contributed by atoms with Crippen LogP contribution < -0.4 is 10.6 Å². The molecule has 1 saturated heterocycles. The summed E-state index contributed by atoms with van der Waals surface area (Å²) in [6.45, 7) is 4.93. The maximum absolute atomic E-state index is 13.5. The Morgan fingerprint density at radius 3 is 3.00 bits per heavy atom. The van der Waals surface area contributed by atoms with E-state index in [9.17, 15) is 14.0 Å². The summed E-state index contributed by atoms with van der Waals surface area (Å²) in [6, 6.07) is 3.65. The fourth-order valence-corrected chi connectivity index (χ4v) is 3.43. The third-order valence-corrected chi connectivity index (χ3v) is 4.90. The molecule has 0 aromatic carbocycles. The number of pyridine rings is 1. The molecule has 1 aromatic rings. The van der Waals surface area contributed by atoms with Crippen LogP contribution >= 0.6 is 0 Å². The van der Waals surface area contributed by atoms with Crippen LogP contribution in [-0.2, 0) is 11.2 Å². The van der Waals surface area contributed by atoms with E-state index in [1.165, 1.54) is 13.8 Å². The van der Waals surface area contributed by atoms with E-state index in [1.807, 2.05) is 6.07 Å². The lowest BCUT2D eigenvalue weighted by Gasteiger charge is -2.33. The fraction of sp³-hybridized carbons (Fsp3) is 0.632. The number of aromatic nitrogens is 1. The molecular formula is C19H27FN4O2. The van der Waals surface area contributed by atoms with E-state index in [0.29, 0.717) is 18.8 Å². The Hall–Kier alpha value is -2.18. The van der Waals surface area contributed by atoms with Crippen molar-refractivity contribution < 1.29 is 14.0 Å². The fourth-order valence-electron chi connectivity index (χ4n) is 3.43. The summed E-state index contributed by atoms with van der Waals surface area (Å²) in [6.07, 6.45) is 2.94. The van der Waals surface area contributed by atoms with Gasteiger partial charge in [-0.3, -0.25) is 9.59 Å². The number of carbonyl (C=O) groups is 2. The number of carbonyl (C=O) groups excluding carboxylic acids is 2. The number of nitrogens with zero attached hydrogens (tertiary/aromatic N) is 2. The molecule has 3 heterocycles. The van der Waals surface area contributed by atoms with Gasteiger partial charge in [-0.25, -0.2) is 9.37 Å². The number of hydrogen-bond acceptors (Lipinski definition) is 4. The van der Waals surface area contributed by atoms with Crippen molar-refractivity contribution in [3.05, 3.63) is 23.4 Å². The van der Waals surface area contributed by atoms with E-state index < -0.39 is 5.67 Å². The summed E-state index contributed by atoms with van der Waals surface area (Å²) in [7, 11) is 0. The van der Waals surface area contributed by atoms with Crippen molar-refractivity contribution in [1.82, 2.24) is 15.2 Å². The highest BCUT2D eigenvalue weighted by Gasteiger charge is 2.27. The first-order valence-electron chi connectivity index (χ1n) is 9.33. The van der Waals surface area contributed by atoms with Gasteiger partial charge < -0.3 is 15.5 Å². The van der Waals surface area contributed by atoms with Crippen LogP contribution in [0, 0.1) is 0 Å². The summed E-state index contributed by atoms with van der Waals surface area (Å²) in [5.41, 5.74) is 0.226. The second-order valence-corrected chi connectivity index (χ2v) is 7.76. The molecule has 1 fully saturated rings. The molecule has 0 aliphatic carbocycles. The molecule has 1 atom stereocenters. The van der Waals surface area contributed by atoms with Crippen molar-refractivity contribution >= 4 is 17.6 Å². The summed E-state index contributed by atoms with van der Waals surface area (Å²) >= 11 is 0. The van der Waals surface area contributed by atoms with Crippen molar-refractivity contribution in [1.29, 1.82) is 0 Å². The minimum Gasteiger partial charge on any atom is -0.369 e. The first-order chi connectivity index (χ1) is 12.3. The van der Waals surface area contributed by atoms with Crippen LogP contribution in [0.15, 0.2) is 12.1 Å². The van der Waals surface area contributed by atoms with Gasteiger partial charge in [-0.15, -0.1) is 0 Å². The second kappa shape index (κ2) is 7.60. The third kappa shape index (κ3) is 4.71. The molecule has 1 aromatic heterocycles. The number of amides is 2. The summed E-state index contributed by atoms with van der Waals surface area (Å²) in [4.78, 5) is 31.0. The molecule has 0 bridgehead atoms. The van der Waals surface area contributed by atoms with E-state index in [4.69, 9.17) is 0 Å². The Bertz CT molecular complexity index is 687. The zero-order chi connectivity index (χ0) is 18.7. The summed E-state index contributed by atoms with van der Waals surface area (Å²) in [5.74, 6) is 0.534. The average Bonchev–Trinajstić information content (AvgIpc) is 3.06. The quantitative estimate of drug-likeness (QED) is 0.843. The molecule has 0 unspecified atom stereocenters. The van der Waals surface area contributed by atoms with Crippen LogP contribution in [0.3, 0.4) is 0 Å². The first kappa shape index (κ1) is 18.6. The lowest BCUT2D eigenvalue weighted by Crippen LogP contribution is -2.49. The Kier molecular flexibility index (Phi) is 5.44. The molecule has 0 radical (unpaired) electrons. The van der Waals surface area contributed by atoms with Crippen molar-refractivity contribution in [2.45, 2.75) is 57.7 Å². The number of rotatable bonds is 5. The van der Waals surface area contributed by atoms with Gasteiger partial charge in [-0.2, -0.15) is 0 Å². The number of anilines is 1. The minimum absolute atomic E-state index is 0.0875. The Balaban J connectivity index is 1.56. The summed E-state index contributed by atoms with van der Waals surface area (Å²) < 4.78 is 13.5. The van der Waals surface area contributed by atoms with Gasteiger partial charge in [0.25, 0.3) is 5.91 Å². The molecule has 0 spiro atoms. The maximum atomic E-state index is 13.5. The lowest BCUT2D eigenvalue weighted by molar-refractivity contribution is -0.122. The van der Waals surface area contributed by atoms with Gasteiger partial charge in [0.2, 0.25) is 5.91 Å². The van der Waals surface area contributed by atoms with Crippen LogP contribution in [0.1, 0.15) is 55.6 Å². The van der Waals surface area contributed by atoms with Gasteiger partial charge in [0.15, 0.2) is 0 Å². The highest BCUT2D eigenvalue weighted by atomic mass is 19.1. The average molecular weight is 362 g/mol. The number of likely N-dealkylation sites (tertiary alicyclic amines) is 1. The monoisotopic (exact) mass is 362 g/mol.